The summed E-state index contributed by atoms with van der Waals surface area (Å²) in [5.41, 5.74) is 0. The lowest BCUT2D eigenvalue weighted by molar-refractivity contribution is -0.112. The van der Waals surface area contributed by atoms with Crippen LogP contribution in [0.15, 0.2) is 12.2 Å². The van der Waals surface area contributed by atoms with Crippen molar-refractivity contribution < 1.29 is 4.79 Å². The fourth-order valence-corrected chi connectivity index (χ4v) is 2.10. The van der Waals surface area contributed by atoms with E-state index in [4.69, 9.17) is 0 Å². The van der Waals surface area contributed by atoms with E-state index in [2.05, 4.69) is 13.0 Å². The van der Waals surface area contributed by atoms with Crippen LogP contribution in [0.5, 0.6) is 0 Å². The van der Waals surface area contributed by atoms with Crippen molar-refractivity contribution in [3.8, 4) is 0 Å². The van der Waals surface area contributed by atoms with Crippen molar-refractivity contribution in [2.75, 3.05) is 0 Å². The maximum absolute atomic E-state index is 10.7. The van der Waals surface area contributed by atoms with Gasteiger partial charge in [-0.25, -0.2) is 0 Å². The zero-order valence-electron chi connectivity index (χ0n) is 8.75. The number of carbonyl (C=O) groups is 1. The molecule has 0 aromatic heterocycles. The van der Waals surface area contributed by atoms with Gasteiger partial charge in [0.25, 0.3) is 0 Å². The lowest BCUT2D eigenvalue weighted by atomic mass is 9.81. The third kappa shape index (κ3) is 3.75. The van der Waals surface area contributed by atoms with E-state index in [9.17, 15) is 4.79 Å². The van der Waals surface area contributed by atoms with Crippen molar-refractivity contribution in [2.45, 2.75) is 46.0 Å². The van der Waals surface area contributed by atoms with Crippen LogP contribution in [-0.2, 0) is 4.79 Å². The van der Waals surface area contributed by atoms with Gasteiger partial charge in [-0.05, 0) is 37.7 Å². The van der Waals surface area contributed by atoms with Gasteiger partial charge < -0.3 is 0 Å². The minimum atomic E-state index is 0.169. The number of rotatable bonds is 3. The molecule has 0 bridgehead atoms. The molecule has 74 valence electrons. The Kier molecular flexibility index (Phi) is 4.20. The lowest BCUT2D eigenvalue weighted by Gasteiger charge is -2.25. The van der Waals surface area contributed by atoms with Gasteiger partial charge in [0.2, 0.25) is 0 Å². The molecule has 1 heteroatoms. The second-order valence-electron chi connectivity index (χ2n) is 4.23. The SMILES string of the molecule is CC(=O)C=CC(C)C1CCCCC1. The van der Waals surface area contributed by atoms with Crippen LogP contribution in [0.4, 0.5) is 0 Å². The minimum absolute atomic E-state index is 0.169. The van der Waals surface area contributed by atoms with Gasteiger partial charge in [-0.2, -0.15) is 0 Å². The second-order valence-corrected chi connectivity index (χ2v) is 4.23. The Balaban J connectivity index is 2.36. The molecule has 1 rings (SSSR count). The molecule has 13 heavy (non-hydrogen) atoms. The highest BCUT2D eigenvalue weighted by atomic mass is 16.1. The molecule has 0 N–H and O–H groups in total. The van der Waals surface area contributed by atoms with Gasteiger partial charge in [0.05, 0.1) is 0 Å². The van der Waals surface area contributed by atoms with Crippen molar-refractivity contribution in [2.24, 2.45) is 11.8 Å². The monoisotopic (exact) mass is 180 g/mol. The standard InChI is InChI=1S/C12H20O/c1-10(8-9-11(2)13)12-6-4-3-5-7-12/h8-10,12H,3-7H2,1-2H3. The number of hydrogen-bond donors (Lipinski definition) is 0. The first kappa shape index (κ1) is 10.5. The van der Waals surface area contributed by atoms with Gasteiger partial charge in [0, 0.05) is 0 Å². The highest BCUT2D eigenvalue weighted by molar-refractivity contribution is 5.87. The zero-order chi connectivity index (χ0) is 9.68. The Labute approximate surface area is 81.2 Å². The van der Waals surface area contributed by atoms with E-state index < -0.39 is 0 Å². The number of ketones is 1. The predicted octanol–water partition coefficient (Wildman–Crippen LogP) is 3.35. The zero-order valence-corrected chi connectivity index (χ0v) is 8.75. The molecule has 0 aromatic rings. The molecule has 0 heterocycles. The fourth-order valence-electron chi connectivity index (χ4n) is 2.10. The van der Waals surface area contributed by atoms with Crippen molar-refractivity contribution in [3.05, 3.63) is 12.2 Å². The quantitative estimate of drug-likeness (QED) is 0.609. The number of allylic oxidation sites excluding steroid dienone is 2. The van der Waals surface area contributed by atoms with E-state index >= 15 is 0 Å². The van der Waals surface area contributed by atoms with Crippen LogP contribution in [0.3, 0.4) is 0 Å². The van der Waals surface area contributed by atoms with E-state index in [1.807, 2.05) is 0 Å². The van der Waals surface area contributed by atoms with E-state index in [0.717, 1.165) is 5.92 Å². The van der Waals surface area contributed by atoms with Crippen LogP contribution in [0.1, 0.15) is 46.0 Å². The summed E-state index contributed by atoms with van der Waals surface area (Å²) in [4.78, 5) is 10.7. The summed E-state index contributed by atoms with van der Waals surface area (Å²) in [6.07, 6.45) is 10.7. The molecule has 1 aliphatic carbocycles. The van der Waals surface area contributed by atoms with Gasteiger partial charge in [-0.1, -0.05) is 32.3 Å². The molecule has 1 saturated carbocycles. The first-order chi connectivity index (χ1) is 6.20. The highest BCUT2D eigenvalue weighted by Crippen LogP contribution is 2.30. The van der Waals surface area contributed by atoms with Crippen molar-refractivity contribution >= 4 is 5.78 Å². The van der Waals surface area contributed by atoms with Gasteiger partial charge in [0.1, 0.15) is 0 Å². The summed E-state index contributed by atoms with van der Waals surface area (Å²) < 4.78 is 0. The molecule has 0 amide bonds. The summed E-state index contributed by atoms with van der Waals surface area (Å²) in [6.45, 7) is 3.85. The van der Waals surface area contributed by atoms with E-state index in [-0.39, 0.29) is 5.78 Å². The summed E-state index contributed by atoms with van der Waals surface area (Å²) in [5, 5.41) is 0. The van der Waals surface area contributed by atoms with Crippen molar-refractivity contribution in [1.82, 2.24) is 0 Å². The third-order valence-corrected chi connectivity index (χ3v) is 3.03. The average Bonchev–Trinajstić information content (AvgIpc) is 2.15. The summed E-state index contributed by atoms with van der Waals surface area (Å²) in [6, 6.07) is 0. The van der Waals surface area contributed by atoms with Crippen LogP contribution in [0, 0.1) is 11.8 Å². The molecule has 0 saturated heterocycles. The number of hydrogen-bond acceptors (Lipinski definition) is 1. The van der Waals surface area contributed by atoms with E-state index in [1.165, 1.54) is 32.1 Å². The fraction of sp³-hybridized carbons (Fsp3) is 0.750. The molecule has 1 fully saturated rings. The second kappa shape index (κ2) is 5.21. The highest BCUT2D eigenvalue weighted by Gasteiger charge is 2.17. The topological polar surface area (TPSA) is 17.1 Å². The Morgan fingerprint density at radius 1 is 1.31 bits per heavy atom. The molecule has 1 unspecified atom stereocenters. The smallest absolute Gasteiger partial charge is 0.152 e. The predicted molar refractivity (Wildman–Crippen MR) is 55.6 cm³/mol. The Morgan fingerprint density at radius 2 is 1.92 bits per heavy atom. The van der Waals surface area contributed by atoms with Crippen molar-refractivity contribution in [3.63, 3.8) is 0 Å². The van der Waals surface area contributed by atoms with E-state index in [0.29, 0.717) is 5.92 Å². The lowest BCUT2D eigenvalue weighted by Crippen LogP contribution is -2.13. The molecule has 0 spiro atoms. The molecular formula is C12H20O. The third-order valence-electron chi connectivity index (χ3n) is 3.03. The minimum Gasteiger partial charge on any atom is -0.295 e. The maximum atomic E-state index is 10.7. The maximum Gasteiger partial charge on any atom is 0.152 e. The summed E-state index contributed by atoms with van der Waals surface area (Å²) >= 11 is 0. The van der Waals surface area contributed by atoms with Crippen LogP contribution < -0.4 is 0 Å². The summed E-state index contributed by atoms with van der Waals surface area (Å²) in [7, 11) is 0. The normalized spacial score (nSPS) is 22.0. The molecule has 1 aliphatic rings. The Bertz CT molecular complexity index is 187. The van der Waals surface area contributed by atoms with Crippen LogP contribution in [0.2, 0.25) is 0 Å². The van der Waals surface area contributed by atoms with Crippen molar-refractivity contribution in [1.29, 1.82) is 0 Å². The Hall–Kier alpha value is -0.590. The van der Waals surface area contributed by atoms with Gasteiger partial charge in [0.15, 0.2) is 5.78 Å². The van der Waals surface area contributed by atoms with E-state index in [1.54, 1.807) is 13.0 Å². The van der Waals surface area contributed by atoms with Crippen LogP contribution in [0.25, 0.3) is 0 Å². The van der Waals surface area contributed by atoms with Gasteiger partial charge in [-0.15, -0.1) is 0 Å². The largest absolute Gasteiger partial charge is 0.295 e. The molecular weight excluding hydrogens is 160 g/mol. The average molecular weight is 180 g/mol. The number of carbonyl (C=O) groups excluding carboxylic acids is 1. The summed E-state index contributed by atoms with van der Waals surface area (Å²) in [5.74, 6) is 1.58. The molecule has 1 atom stereocenters. The Morgan fingerprint density at radius 3 is 2.46 bits per heavy atom. The van der Waals surface area contributed by atoms with Gasteiger partial charge in [-0.3, -0.25) is 4.79 Å². The first-order valence-corrected chi connectivity index (χ1v) is 5.39. The molecule has 0 aliphatic heterocycles. The molecule has 0 radical (unpaired) electrons. The van der Waals surface area contributed by atoms with Crippen LogP contribution in [-0.4, -0.2) is 5.78 Å². The van der Waals surface area contributed by atoms with Gasteiger partial charge >= 0.3 is 0 Å². The molecule has 0 aromatic carbocycles. The molecule has 1 nitrogen and oxygen atoms in total. The van der Waals surface area contributed by atoms with Crippen LogP contribution >= 0.6 is 0 Å². The first-order valence-electron chi connectivity index (χ1n) is 5.39.